The normalized spacial score (nSPS) is 12.6. The molecule has 2 N–H and O–H groups in total. The third kappa shape index (κ3) is 6.98. The molecule has 0 heterocycles. The summed E-state index contributed by atoms with van der Waals surface area (Å²) in [6, 6.07) is 10.7. The Hall–Kier alpha value is -2.81. The number of aliphatic carboxylic acids is 1. The molecule has 0 saturated carbocycles. The van der Waals surface area contributed by atoms with Gasteiger partial charge in [-0.25, -0.2) is 4.79 Å². The second kappa shape index (κ2) is 10.2. The molecule has 6 nitrogen and oxygen atoms in total. The Balaban J connectivity index is 2.95. The zero-order valence-corrected chi connectivity index (χ0v) is 15.8. The van der Waals surface area contributed by atoms with Crippen molar-refractivity contribution in [3.05, 3.63) is 47.7 Å². The van der Waals surface area contributed by atoms with Crippen molar-refractivity contribution >= 4 is 11.9 Å². The van der Waals surface area contributed by atoms with E-state index < -0.39 is 17.9 Å². The summed E-state index contributed by atoms with van der Waals surface area (Å²) in [5.41, 5.74) is 0.947. The zero-order chi connectivity index (χ0) is 19.7. The maximum Gasteiger partial charge on any atom is 0.326 e. The molecule has 1 rings (SSSR count). The van der Waals surface area contributed by atoms with Crippen molar-refractivity contribution in [2.45, 2.75) is 52.7 Å². The van der Waals surface area contributed by atoms with Gasteiger partial charge in [0, 0.05) is 18.8 Å². The topological polar surface area (TPSA) is 93.4 Å². The van der Waals surface area contributed by atoms with Crippen molar-refractivity contribution in [2.75, 3.05) is 0 Å². The van der Waals surface area contributed by atoms with Gasteiger partial charge in [-0.15, -0.1) is 0 Å². The average Bonchev–Trinajstić information content (AvgIpc) is 2.57. The van der Waals surface area contributed by atoms with Crippen LogP contribution < -0.4 is 5.32 Å². The van der Waals surface area contributed by atoms with E-state index in [-0.39, 0.29) is 17.5 Å². The van der Waals surface area contributed by atoms with Crippen molar-refractivity contribution in [1.29, 1.82) is 5.26 Å². The van der Waals surface area contributed by atoms with Gasteiger partial charge < -0.3 is 15.3 Å². The van der Waals surface area contributed by atoms with Gasteiger partial charge in [-0.2, -0.15) is 5.26 Å². The molecule has 1 amide bonds. The standard InChI is InChI=1S/C20H27N3O3/c1-14(2)10-18(20(25)26)22-19(24)17(11-21)13-23(15(3)4)12-16-8-6-5-7-9-16/h5-9,13-15,18H,10,12H2,1-4H3,(H,22,24)(H,25,26)/b17-13-. The molecule has 0 aromatic heterocycles. The summed E-state index contributed by atoms with van der Waals surface area (Å²) in [5, 5.41) is 21.1. The van der Waals surface area contributed by atoms with Crippen LogP contribution in [0.3, 0.4) is 0 Å². The number of carboxylic acids is 1. The lowest BCUT2D eigenvalue weighted by atomic mass is 10.0. The van der Waals surface area contributed by atoms with Crippen LogP contribution in [0.4, 0.5) is 0 Å². The predicted octanol–water partition coefficient (Wildman–Crippen LogP) is 2.92. The summed E-state index contributed by atoms with van der Waals surface area (Å²) >= 11 is 0. The van der Waals surface area contributed by atoms with Gasteiger partial charge in [-0.3, -0.25) is 4.79 Å². The van der Waals surface area contributed by atoms with E-state index in [1.165, 1.54) is 6.20 Å². The summed E-state index contributed by atoms with van der Waals surface area (Å²) in [6.07, 6.45) is 1.80. The third-order valence-corrected chi connectivity index (χ3v) is 3.84. The van der Waals surface area contributed by atoms with Gasteiger partial charge in [0.1, 0.15) is 17.7 Å². The zero-order valence-electron chi connectivity index (χ0n) is 15.8. The highest BCUT2D eigenvalue weighted by atomic mass is 16.4. The first-order valence-corrected chi connectivity index (χ1v) is 8.69. The quantitative estimate of drug-likeness (QED) is 0.523. The molecule has 0 radical (unpaired) electrons. The molecule has 0 bridgehead atoms. The fourth-order valence-corrected chi connectivity index (χ4v) is 2.40. The first kappa shape index (κ1) is 21.2. The largest absolute Gasteiger partial charge is 0.480 e. The van der Waals surface area contributed by atoms with Crippen LogP contribution >= 0.6 is 0 Å². The molecule has 1 unspecified atom stereocenters. The maximum atomic E-state index is 12.4. The van der Waals surface area contributed by atoms with Gasteiger partial charge in [0.2, 0.25) is 0 Å². The fourth-order valence-electron chi connectivity index (χ4n) is 2.40. The number of hydrogen-bond acceptors (Lipinski definition) is 4. The van der Waals surface area contributed by atoms with Crippen LogP contribution in [0.15, 0.2) is 42.1 Å². The van der Waals surface area contributed by atoms with Gasteiger partial charge in [0.05, 0.1) is 0 Å². The lowest BCUT2D eigenvalue weighted by Crippen LogP contribution is -2.42. The SMILES string of the molecule is CC(C)CC(NC(=O)/C(C#N)=C\N(Cc1ccccc1)C(C)C)C(=O)O. The van der Waals surface area contributed by atoms with Gasteiger partial charge >= 0.3 is 5.97 Å². The Labute approximate surface area is 155 Å². The lowest BCUT2D eigenvalue weighted by molar-refractivity contribution is -0.141. The first-order valence-electron chi connectivity index (χ1n) is 8.69. The monoisotopic (exact) mass is 357 g/mol. The summed E-state index contributed by atoms with van der Waals surface area (Å²) < 4.78 is 0. The van der Waals surface area contributed by atoms with E-state index in [1.807, 2.05) is 69.0 Å². The highest BCUT2D eigenvalue weighted by molar-refractivity contribution is 5.99. The Morgan fingerprint density at radius 2 is 1.85 bits per heavy atom. The Bertz CT molecular complexity index is 675. The van der Waals surface area contributed by atoms with E-state index in [1.54, 1.807) is 0 Å². The van der Waals surface area contributed by atoms with E-state index in [4.69, 9.17) is 0 Å². The Morgan fingerprint density at radius 3 is 2.31 bits per heavy atom. The van der Waals surface area contributed by atoms with Crippen molar-refractivity contribution in [1.82, 2.24) is 10.2 Å². The molecule has 0 spiro atoms. The van der Waals surface area contributed by atoms with Crippen LogP contribution in [0, 0.1) is 17.2 Å². The highest BCUT2D eigenvalue weighted by Gasteiger charge is 2.23. The van der Waals surface area contributed by atoms with E-state index in [0.29, 0.717) is 13.0 Å². The van der Waals surface area contributed by atoms with Crippen LogP contribution in [0.2, 0.25) is 0 Å². The van der Waals surface area contributed by atoms with E-state index in [9.17, 15) is 20.0 Å². The number of nitriles is 1. The summed E-state index contributed by atoms with van der Waals surface area (Å²) in [5.74, 6) is -1.66. The third-order valence-electron chi connectivity index (χ3n) is 3.84. The number of hydrogen-bond donors (Lipinski definition) is 2. The average molecular weight is 357 g/mol. The Kier molecular flexibility index (Phi) is 8.36. The molecule has 6 heteroatoms. The first-order chi connectivity index (χ1) is 12.2. The minimum absolute atomic E-state index is 0.0669. The second-order valence-corrected chi connectivity index (χ2v) is 6.90. The van der Waals surface area contributed by atoms with Crippen molar-refractivity contribution in [2.24, 2.45) is 5.92 Å². The number of carboxylic acid groups (broad SMARTS) is 1. The number of amides is 1. The van der Waals surface area contributed by atoms with E-state index in [2.05, 4.69) is 5.32 Å². The molecule has 140 valence electrons. The summed E-state index contributed by atoms with van der Waals surface area (Å²) in [4.78, 5) is 25.6. The van der Waals surface area contributed by atoms with E-state index >= 15 is 0 Å². The fraction of sp³-hybridized carbons (Fsp3) is 0.450. The minimum Gasteiger partial charge on any atom is -0.480 e. The molecular formula is C20H27N3O3. The van der Waals surface area contributed by atoms with Crippen LogP contribution in [-0.2, 0) is 16.1 Å². The number of nitrogens with zero attached hydrogens (tertiary/aromatic N) is 2. The minimum atomic E-state index is -1.10. The van der Waals surface area contributed by atoms with Crippen LogP contribution in [-0.4, -0.2) is 34.0 Å². The number of nitrogens with one attached hydrogen (secondary N) is 1. The number of carbonyl (C=O) groups excluding carboxylic acids is 1. The second-order valence-electron chi connectivity index (χ2n) is 6.90. The van der Waals surface area contributed by atoms with Gasteiger partial charge in [0.25, 0.3) is 5.91 Å². The molecule has 0 aliphatic carbocycles. The maximum absolute atomic E-state index is 12.4. The number of carbonyl (C=O) groups is 2. The molecule has 1 aromatic carbocycles. The molecule has 1 aromatic rings. The molecule has 0 aliphatic heterocycles. The molecule has 0 fully saturated rings. The van der Waals surface area contributed by atoms with Gasteiger partial charge in [-0.1, -0.05) is 44.2 Å². The highest BCUT2D eigenvalue weighted by Crippen LogP contribution is 2.12. The van der Waals surface area contributed by atoms with Crippen LogP contribution in [0.5, 0.6) is 0 Å². The van der Waals surface area contributed by atoms with Crippen molar-refractivity contribution < 1.29 is 14.7 Å². The number of rotatable bonds is 9. The van der Waals surface area contributed by atoms with Crippen LogP contribution in [0.25, 0.3) is 0 Å². The molecule has 1 atom stereocenters. The van der Waals surface area contributed by atoms with Gasteiger partial charge in [0.15, 0.2) is 0 Å². The molecule has 0 saturated heterocycles. The predicted molar refractivity (Wildman–Crippen MR) is 99.8 cm³/mol. The lowest BCUT2D eigenvalue weighted by Gasteiger charge is -2.25. The summed E-state index contributed by atoms with van der Waals surface area (Å²) in [7, 11) is 0. The molecular weight excluding hydrogens is 330 g/mol. The molecule has 26 heavy (non-hydrogen) atoms. The smallest absolute Gasteiger partial charge is 0.326 e. The molecule has 0 aliphatic rings. The Morgan fingerprint density at radius 1 is 1.23 bits per heavy atom. The van der Waals surface area contributed by atoms with Gasteiger partial charge in [-0.05, 0) is 31.7 Å². The van der Waals surface area contributed by atoms with E-state index in [0.717, 1.165) is 5.56 Å². The van der Waals surface area contributed by atoms with Crippen molar-refractivity contribution in [3.63, 3.8) is 0 Å². The summed E-state index contributed by atoms with van der Waals surface area (Å²) in [6.45, 7) is 8.23. The van der Waals surface area contributed by atoms with Crippen molar-refractivity contribution in [3.8, 4) is 6.07 Å². The number of benzene rings is 1. The van der Waals surface area contributed by atoms with Crippen LogP contribution in [0.1, 0.15) is 39.7 Å².